The minimum Gasteiger partial charge on any atom is -0.369 e. The van der Waals surface area contributed by atoms with Gasteiger partial charge in [-0.3, -0.25) is 9.59 Å². The number of hydrogen-bond donors (Lipinski definition) is 2. The van der Waals surface area contributed by atoms with Gasteiger partial charge < -0.3 is 11.1 Å². The highest BCUT2D eigenvalue weighted by Crippen LogP contribution is 2.40. The second kappa shape index (κ2) is 5.87. The van der Waals surface area contributed by atoms with Crippen LogP contribution in [0.4, 0.5) is 0 Å². The summed E-state index contributed by atoms with van der Waals surface area (Å²) in [6.07, 6.45) is 1.88. The summed E-state index contributed by atoms with van der Waals surface area (Å²) in [5.74, 6) is -0.133. The fourth-order valence-corrected chi connectivity index (χ4v) is 2.19. The van der Waals surface area contributed by atoms with Crippen LogP contribution in [0.15, 0.2) is 30.3 Å². The van der Waals surface area contributed by atoms with E-state index in [2.05, 4.69) is 17.4 Å². The molecule has 0 aromatic heterocycles. The Morgan fingerprint density at radius 2 is 2.05 bits per heavy atom. The van der Waals surface area contributed by atoms with Crippen molar-refractivity contribution in [1.29, 1.82) is 0 Å². The van der Waals surface area contributed by atoms with E-state index in [0.29, 0.717) is 18.8 Å². The minimum absolute atomic E-state index is 0.0107. The summed E-state index contributed by atoms with van der Waals surface area (Å²) in [7, 11) is 0. The molecule has 2 rings (SSSR count). The first-order valence-corrected chi connectivity index (χ1v) is 6.71. The second-order valence-electron chi connectivity index (χ2n) is 5.27. The molecule has 1 aliphatic carbocycles. The number of amides is 2. The van der Waals surface area contributed by atoms with Crippen molar-refractivity contribution in [3.05, 3.63) is 35.9 Å². The molecule has 1 saturated carbocycles. The van der Waals surface area contributed by atoms with Gasteiger partial charge in [-0.05, 0) is 18.4 Å². The average Bonchev–Trinajstić information content (AvgIpc) is 3.16. The third-order valence-corrected chi connectivity index (χ3v) is 3.65. The highest BCUT2D eigenvalue weighted by atomic mass is 16.2. The maximum absolute atomic E-state index is 11.7. The van der Waals surface area contributed by atoms with Gasteiger partial charge in [0.1, 0.15) is 0 Å². The van der Waals surface area contributed by atoms with E-state index in [0.717, 1.165) is 6.42 Å². The third-order valence-electron chi connectivity index (χ3n) is 3.65. The van der Waals surface area contributed by atoms with Crippen molar-refractivity contribution in [2.24, 2.45) is 11.7 Å². The van der Waals surface area contributed by atoms with E-state index in [1.807, 2.05) is 18.2 Å². The summed E-state index contributed by atoms with van der Waals surface area (Å²) < 4.78 is 0. The Kier molecular flexibility index (Phi) is 4.20. The quantitative estimate of drug-likeness (QED) is 0.814. The molecule has 19 heavy (non-hydrogen) atoms. The highest BCUT2D eigenvalue weighted by molar-refractivity contribution is 5.79. The third kappa shape index (κ3) is 3.81. The van der Waals surface area contributed by atoms with Crippen molar-refractivity contribution in [1.82, 2.24) is 5.32 Å². The Hall–Kier alpha value is -1.84. The first kappa shape index (κ1) is 13.6. The maximum atomic E-state index is 11.7. The molecule has 0 saturated heterocycles. The standard InChI is InChI=1S/C15H20N2O2/c1-10(15(16)19)7-8-14(18)17-13-9-12(13)11-5-3-2-4-6-11/h2-6,10,12-13H,7-9H2,1H3,(H2,16,19)(H,17,18)/t10-,12+,13-/m0/s1. The van der Waals surface area contributed by atoms with Gasteiger partial charge in [-0.25, -0.2) is 0 Å². The lowest BCUT2D eigenvalue weighted by Gasteiger charge is -2.07. The molecule has 1 aromatic carbocycles. The van der Waals surface area contributed by atoms with E-state index in [4.69, 9.17) is 5.73 Å². The molecule has 3 N–H and O–H groups in total. The van der Waals surface area contributed by atoms with Crippen LogP contribution in [0.25, 0.3) is 0 Å². The van der Waals surface area contributed by atoms with Gasteiger partial charge in [-0.1, -0.05) is 37.3 Å². The van der Waals surface area contributed by atoms with Crippen molar-refractivity contribution in [2.45, 2.75) is 38.1 Å². The van der Waals surface area contributed by atoms with Gasteiger partial charge in [0.15, 0.2) is 0 Å². The zero-order valence-electron chi connectivity index (χ0n) is 11.1. The van der Waals surface area contributed by atoms with Crippen molar-refractivity contribution >= 4 is 11.8 Å². The summed E-state index contributed by atoms with van der Waals surface area (Å²) in [4.78, 5) is 22.6. The number of carbonyl (C=O) groups is 2. The number of nitrogens with two attached hydrogens (primary N) is 1. The maximum Gasteiger partial charge on any atom is 0.220 e. The molecule has 1 aromatic rings. The van der Waals surface area contributed by atoms with E-state index in [1.165, 1.54) is 5.56 Å². The largest absolute Gasteiger partial charge is 0.369 e. The average molecular weight is 260 g/mol. The Balaban J connectivity index is 1.72. The highest BCUT2D eigenvalue weighted by Gasteiger charge is 2.39. The summed E-state index contributed by atoms with van der Waals surface area (Å²) in [5, 5.41) is 3.01. The Bertz CT molecular complexity index is 458. The minimum atomic E-state index is -0.346. The molecule has 2 amide bonds. The fourth-order valence-electron chi connectivity index (χ4n) is 2.19. The molecule has 4 heteroatoms. The van der Waals surface area contributed by atoms with Crippen molar-refractivity contribution in [3.63, 3.8) is 0 Å². The van der Waals surface area contributed by atoms with Crippen LogP contribution in [0.2, 0.25) is 0 Å². The van der Waals surface area contributed by atoms with Crippen LogP contribution < -0.4 is 11.1 Å². The molecule has 0 bridgehead atoms. The van der Waals surface area contributed by atoms with Crippen molar-refractivity contribution in [3.8, 4) is 0 Å². The monoisotopic (exact) mass is 260 g/mol. The topological polar surface area (TPSA) is 72.2 Å². The number of hydrogen-bond acceptors (Lipinski definition) is 2. The van der Waals surface area contributed by atoms with Crippen LogP contribution in [0.1, 0.15) is 37.7 Å². The van der Waals surface area contributed by atoms with Crippen LogP contribution >= 0.6 is 0 Å². The molecular weight excluding hydrogens is 240 g/mol. The predicted molar refractivity (Wildman–Crippen MR) is 73.3 cm³/mol. The van der Waals surface area contributed by atoms with E-state index in [-0.39, 0.29) is 23.8 Å². The number of carbonyl (C=O) groups excluding carboxylic acids is 2. The van der Waals surface area contributed by atoms with E-state index < -0.39 is 0 Å². The van der Waals surface area contributed by atoms with Crippen molar-refractivity contribution < 1.29 is 9.59 Å². The summed E-state index contributed by atoms with van der Waals surface area (Å²) in [5.41, 5.74) is 6.44. The van der Waals surface area contributed by atoms with Crippen molar-refractivity contribution in [2.75, 3.05) is 0 Å². The zero-order valence-corrected chi connectivity index (χ0v) is 11.1. The van der Waals surface area contributed by atoms with Gasteiger partial charge in [-0.2, -0.15) is 0 Å². The lowest BCUT2D eigenvalue weighted by atomic mass is 10.1. The molecule has 0 unspecified atom stereocenters. The number of benzene rings is 1. The summed E-state index contributed by atoms with van der Waals surface area (Å²) in [6, 6.07) is 10.4. The summed E-state index contributed by atoms with van der Waals surface area (Å²) >= 11 is 0. The van der Waals surface area contributed by atoms with E-state index in [1.54, 1.807) is 6.92 Å². The van der Waals surface area contributed by atoms with E-state index >= 15 is 0 Å². The fraction of sp³-hybridized carbons (Fsp3) is 0.467. The zero-order chi connectivity index (χ0) is 13.8. The van der Waals surface area contributed by atoms with Crippen LogP contribution in [-0.2, 0) is 9.59 Å². The molecule has 4 nitrogen and oxygen atoms in total. The van der Waals surface area contributed by atoms with Crippen LogP contribution in [0.3, 0.4) is 0 Å². The Labute approximate surface area is 113 Å². The number of nitrogens with one attached hydrogen (secondary N) is 1. The predicted octanol–water partition coefficient (Wildman–Crippen LogP) is 1.56. The molecule has 0 spiro atoms. The van der Waals surface area contributed by atoms with Crippen LogP contribution in [0, 0.1) is 5.92 Å². The summed E-state index contributed by atoms with van der Waals surface area (Å²) in [6.45, 7) is 1.75. The van der Waals surface area contributed by atoms with Crippen LogP contribution in [0.5, 0.6) is 0 Å². The van der Waals surface area contributed by atoms with E-state index in [9.17, 15) is 9.59 Å². The first-order chi connectivity index (χ1) is 9.08. The first-order valence-electron chi connectivity index (χ1n) is 6.71. The van der Waals surface area contributed by atoms with Gasteiger partial charge >= 0.3 is 0 Å². The Morgan fingerprint density at radius 3 is 2.68 bits per heavy atom. The molecule has 3 atom stereocenters. The Morgan fingerprint density at radius 1 is 1.37 bits per heavy atom. The van der Waals surface area contributed by atoms with Crippen LogP contribution in [-0.4, -0.2) is 17.9 Å². The van der Waals surface area contributed by atoms with Gasteiger partial charge in [0.2, 0.25) is 11.8 Å². The van der Waals surface area contributed by atoms with Gasteiger partial charge in [0, 0.05) is 24.3 Å². The SMILES string of the molecule is C[C@@H](CCC(=O)N[C@H]1C[C@@H]1c1ccccc1)C(N)=O. The molecule has 102 valence electrons. The smallest absolute Gasteiger partial charge is 0.220 e. The lowest BCUT2D eigenvalue weighted by Crippen LogP contribution is -2.28. The normalized spacial score (nSPS) is 22.6. The van der Waals surface area contributed by atoms with Gasteiger partial charge in [0.25, 0.3) is 0 Å². The number of primary amides is 1. The molecule has 1 fully saturated rings. The number of rotatable bonds is 6. The molecule has 1 aliphatic rings. The molecule has 0 aliphatic heterocycles. The van der Waals surface area contributed by atoms with Gasteiger partial charge in [-0.15, -0.1) is 0 Å². The molecular formula is C15H20N2O2. The van der Waals surface area contributed by atoms with Gasteiger partial charge in [0.05, 0.1) is 0 Å². The second-order valence-corrected chi connectivity index (χ2v) is 5.27. The molecule has 0 radical (unpaired) electrons. The molecule has 0 heterocycles. The lowest BCUT2D eigenvalue weighted by molar-refractivity contribution is -0.123.